The maximum Gasteiger partial charge on any atom is 0.407 e. The van der Waals surface area contributed by atoms with Crippen LogP contribution < -0.4 is 10.6 Å². The van der Waals surface area contributed by atoms with E-state index >= 15 is 0 Å². The number of rotatable bonds is 9. The second-order valence-electron chi connectivity index (χ2n) is 10.2. The lowest BCUT2D eigenvalue weighted by atomic mass is 9.98. The van der Waals surface area contributed by atoms with Crippen LogP contribution in [0.25, 0.3) is 11.1 Å². The number of fused-ring (bicyclic) bond motifs is 4. The van der Waals surface area contributed by atoms with Crippen molar-refractivity contribution in [3.05, 3.63) is 59.7 Å². The Hall–Kier alpha value is -3.35. The topological polar surface area (TPSA) is 105 Å². The van der Waals surface area contributed by atoms with Gasteiger partial charge in [0.2, 0.25) is 5.91 Å². The summed E-state index contributed by atoms with van der Waals surface area (Å²) >= 11 is 0. The molecule has 7 nitrogen and oxygen atoms in total. The highest BCUT2D eigenvalue weighted by molar-refractivity contribution is 5.87. The Morgan fingerprint density at radius 1 is 1.06 bits per heavy atom. The van der Waals surface area contributed by atoms with Crippen molar-refractivity contribution in [2.75, 3.05) is 6.61 Å². The number of carbonyl (C=O) groups excluding carboxylic acids is 2. The molecule has 0 aromatic heterocycles. The fourth-order valence-corrected chi connectivity index (χ4v) is 6.21. The largest absolute Gasteiger partial charge is 0.481 e. The van der Waals surface area contributed by atoms with Gasteiger partial charge in [0.15, 0.2) is 0 Å². The van der Waals surface area contributed by atoms with Crippen molar-refractivity contribution in [1.29, 1.82) is 0 Å². The number of carboxylic acid groups (broad SMARTS) is 1. The van der Waals surface area contributed by atoms with Gasteiger partial charge in [-0.25, -0.2) is 4.79 Å². The minimum atomic E-state index is -0.908. The third kappa shape index (κ3) is 4.51. The predicted octanol–water partition coefficient (Wildman–Crippen LogP) is 4.45. The number of hydrogen-bond acceptors (Lipinski definition) is 4. The molecule has 2 aromatic carbocycles. The SMILES string of the molecule is CCC[C@@H](CC(=O)O)NC(=O)[C@@]12C[C@@H](NC(=O)OCC3c4ccccc4-c4ccccc43)C[C@@H]1C2. The molecule has 2 aromatic rings. The first-order chi connectivity index (χ1) is 16.9. The van der Waals surface area contributed by atoms with Gasteiger partial charge in [-0.05, 0) is 53.9 Å². The van der Waals surface area contributed by atoms with E-state index in [4.69, 9.17) is 9.84 Å². The van der Waals surface area contributed by atoms with E-state index in [9.17, 15) is 14.4 Å². The number of alkyl carbamates (subject to hydrolysis) is 1. The number of aliphatic carboxylic acids is 1. The number of carbonyl (C=O) groups is 3. The zero-order valence-electron chi connectivity index (χ0n) is 20.0. The molecule has 0 radical (unpaired) electrons. The molecule has 0 saturated heterocycles. The third-order valence-corrected chi connectivity index (χ3v) is 7.92. The van der Waals surface area contributed by atoms with Gasteiger partial charge in [0.05, 0.1) is 11.8 Å². The minimum Gasteiger partial charge on any atom is -0.481 e. The molecule has 2 saturated carbocycles. The van der Waals surface area contributed by atoms with Crippen molar-refractivity contribution in [3.63, 3.8) is 0 Å². The zero-order chi connectivity index (χ0) is 24.6. The van der Waals surface area contributed by atoms with Crippen LogP contribution in [0.3, 0.4) is 0 Å². The maximum atomic E-state index is 13.0. The number of amides is 2. The molecule has 35 heavy (non-hydrogen) atoms. The molecule has 2 fully saturated rings. The van der Waals surface area contributed by atoms with Crippen LogP contribution in [0.2, 0.25) is 0 Å². The zero-order valence-corrected chi connectivity index (χ0v) is 20.0. The summed E-state index contributed by atoms with van der Waals surface area (Å²) in [5, 5.41) is 15.1. The highest BCUT2D eigenvalue weighted by Crippen LogP contribution is 2.63. The fourth-order valence-electron chi connectivity index (χ4n) is 6.21. The Balaban J connectivity index is 1.15. The van der Waals surface area contributed by atoms with Crippen LogP contribution >= 0.6 is 0 Å². The predicted molar refractivity (Wildman–Crippen MR) is 131 cm³/mol. The second kappa shape index (κ2) is 9.36. The van der Waals surface area contributed by atoms with E-state index in [1.165, 1.54) is 22.3 Å². The van der Waals surface area contributed by atoms with Crippen molar-refractivity contribution in [2.24, 2.45) is 11.3 Å². The molecule has 0 spiro atoms. The molecule has 184 valence electrons. The summed E-state index contributed by atoms with van der Waals surface area (Å²) < 4.78 is 5.67. The Labute approximate surface area is 205 Å². The first kappa shape index (κ1) is 23.4. The normalized spacial score (nSPS) is 24.6. The van der Waals surface area contributed by atoms with E-state index in [2.05, 4.69) is 34.9 Å². The van der Waals surface area contributed by atoms with E-state index < -0.39 is 17.5 Å². The molecule has 4 atom stereocenters. The van der Waals surface area contributed by atoms with Gasteiger partial charge in [-0.15, -0.1) is 0 Å². The van der Waals surface area contributed by atoms with Crippen LogP contribution in [0.4, 0.5) is 4.79 Å². The van der Waals surface area contributed by atoms with E-state index in [1.807, 2.05) is 31.2 Å². The molecule has 2 amide bonds. The monoisotopic (exact) mass is 476 g/mol. The van der Waals surface area contributed by atoms with Gasteiger partial charge in [-0.1, -0.05) is 61.9 Å². The van der Waals surface area contributed by atoms with Crippen LogP contribution in [0.1, 0.15) is 62.5 Å². The minimum absolute atomic E-state index is 0.00647. The first-order valence-corrected chi connectivity index (χ1v) is 12.6. The summed E-state index contributed by atoms with van der Waals surface area (Å²) in [7, 11) is 0. The average Bonchev–Trinajstić information content (AvgIpc) is 3.26. The van der Waals surface area contributed by atoms with Gasteiger partial charge < -0.3 is 20.5 Å². The number of ether oxygens (including phenoxy) is 1. The molecule has 3 aliphatic carbocycles. The van der Waals surface area contributed by atoms with Crippen LogP contribution in [0, 0.1) is 11.3 Å². The van der Waals surface area contributed by atoms with E-state index in [0.29, 0.717) is 12.8 Å². The second-order valence-corrected chi connectivity index (χ2v) is 10.2. The third-order valence-electron chi connectivity index (χ3n) is 7.92. The Kier molecular flexibility index (Phi) is 6.26. The lowest BCUT2D eigenvalue weighted by Gasteiger charge is -2.22. The van der Waals surface area contributed by atoms with Gasteiger partial charge in [-0.3, -0.25) is 9.59 Å². The number of nitrogens with one attached hydrogen (secondary N) is 2. The number of hydrogen-bond donors (Lipinski definition) is 3. The molecule has 7 heteroatoms. The molecule has 0 bridgehead atoms. The number of benzene rings is 2. The molecule has 0 heterocycles. The lowest BCUT2D eigenvalue weighted by molar-refractivity contribution is -0.138. The number of carboxylic acids is 1. The molecule has 0 aliphatic heterocycles. The molecular formula is C28H32N2O5. The average molecular weight is 477 g/mol. The van der Waals surface area contributed by atoms with Crippen molar-refractivity contribution in [2.45, 2.75) is 63.5 Å². The van der Waals surface area contributed by atoms with E-state index in [-0.39, 0.29) is 42.9 Å². The van der Waals surface area contributed by atoms with Crippen molar-refractivity contribution >= 4 is 18.0 Å². The molecule has 0 unspecified atom stereocenters. The van der Waals surface area contributed by atoms with Crippen LogP contribution in [0.5, 0.6) is 0 Å². The van der Waals surface area contributed by atoms with Crippen LogP contribution in [-0.2, 0) is 14.3 Å². The van der Waals surface area contributed by atoms with Gasteiger partial charge in [-0.2, -0.15) is 0 Å². The Morgan fingerprint density at radius 2 is 1.71 bits per heavy atom. The molecule has 3 aliphatic rings. The van der Waals surface area contributed by atoms with Crippen molar-refractivity contribution in [3.8, 4) is 11.1 Å². The first-order valence-electron chi connectivity index (χ1n) is 12.6. The van der Waals surface area contributed by atoms with Crippen molar-refractivity contribution in [1.82, 2.24) is 10.6 Å². The summed E-state index contributed by atoms with van der Waals surface area (Å²) in [5.41, 5.74) is 4.23. The summed E-state index contributed by atoms with van der Waals surface area (Å²) in [6.07, 6.45) is 3.04. The summed E-state index contributed by atoms with van der Waals surface area (Å²) in [6, 6.07) is 16.0. The maximum absolute atomic E-state index is 13.0. The lowest BCUT2D eigenvalue weighted by Crippen LogP contribution is -2.42. The molecular weight excluding hydrogens is 444 g/mol. The summed E-state index contributed by atoms with van der Waals surface area (Å²) in [5.74, 6) is -0.741. The highest BCUT2D eigenvalue weighted by atomic mass is 16.5. The summed E-state index contributed by atoms with van der Waals surface area (Å²) in [4.78, 5) is 36.8. The fraction of sp³-hybridized carbons (Fsp3) is 0.464. The summed E-state index contributed by atoms with van der Waals surface area (Å²) in [6.45, 7) is 2.23. The van der Waals surface area contributed by atoms with Gasteiger partial charge in [0.25, 0.3) is 0 Å². The van der Waals surface area contributed by atoms with Gasteiger partial charge >= 0.3 is 12.1 Å². The Bertz CT molecular complexity index is 1100. The van der Waals surface area contributed by atoms with Crippen molar-refractivity contribution < 1.29 is 24.2 Å². The van der Waals surface area contributed by atoms with Gasteiger partial charge in [0, 0.05) is 18.0 Å². The van der Waals surface area contributed by atoms with Crippen LogP contribution in [0.15, 0.2) is 48.5 Å². The van der Waals surface area contributed by atoms with Crippen LogP contribution in [-0.4, -0.2) is 41.8 Å². The molecule has 3 N–H and O–H groups in total. The smallest absolute Gasteiger partial charge is 0.407 e. The van der Waals surface area contributed by atoms with E-state index in [1.54, 1.807) is 0 Å². The van der Waals surface area contributed by atoms with E-state index in [0.717, 1.165) is 19.3 Å². The highest BCUT2D eigenvalue weighted by Gasteiger charge is 2.65. The standard InChI is InChI=1S/C28H32N2O5/c1-2-7-18(13-25(31)32)29-26(33)28-14-17(28)12-19(15-28)30-27(34)35-16-24-22-10-5-3-8-20(22)21-9-4-6-11-23(21)24/h3-6,8-11,17-19,24H,2,7,12-16H2,1H3,(H,29,33)(H,30,34)(H,31,32)/t17-,18+,19+,28+/m1/s1. The van der Waals surface area contributed by atoms with Gasteiger partial charge in [0.1, 0.15) is 6.61 Å². The Morgan fingerprint density at radius 3 is 2.34 bits per heavy atom. The quantitative estimate of drug-likeness (QED) is 0.496. The molecule has 5 rings (SSSR count).